The van der Waals surface area contributed by atoms with Crippen LogP contribution in [-0.2, 0) is 16.0 Å². The van der Waals surface area contributed by atoms with Crippen LogP contribution in [0.15, 0.2) is 35.4 Å². The molecule has 0 atom stereocenters. The first-order chi connectivity index (χ1) is 14.5. The molecule has 0 saturated heterocycles. The summed E-state index contributed by atoms with van der Waals surface area (Å²) in [7, 11) is 1.54. The van der Waals surface area contributed by atoms with E-state index in [1.54, 1.807) is 23.6 Å². The van der Waals surface area contributed by atoms with Crippen LogP contribution < -0.4 is 10.3 Å². The fourth-order valence-electron chi connectivity index (χ4n) is 2.90. The average molecular weight is 451 g/mol. The highest BCUT2D eigenvalue weighted by atomic mass is 35.5. The summed E-state index contributed by atoms with van der Waals surface area (Å²) in [6.07, 6.45) is 3.07. The molecule has 9 heteroatoms. The van der Waals surface area contributed by atoms with E-state index in [4.69, 9.17) is 25.8 Å². The normalized spacial score (nSPS) is 11.0. The van der Waals surface area contributed by atoms with Gasteiger partial charge in [-0.2, -0.15) is 0 Å². The number of hydrogen-bond acceptors (Lipinski definition) is 7. The number of fused-ring (bicyclic) bond motifs is 1. The Hall–Kier alpha value is -2.42. The van der Waals surface area contributed by atoms with E-state index in [0.717, 1.165) is 18.6 Å². The minimum absolute atomic E-state index is 0.150. The minimum Gasteiger partial charge on any atom is -0.494 e. The molecule has 0 radical (unpaired) electrons. The van der Waals surface area contributed by atoms with Gasteiger partial charge in [-0.05, 0) is 49.6 Å². The molecule has 0 spiro atoms. The molecule has 3 aromatic rings. The molecule has 0 N–H and O–H groups in total. The predicted molar refractivity (Wildman–Crippen MR) is 117 cm³/mol. The monoisotopic (exact) mass is 450 g/mol. The Morgan fingerprint density at radius 1 is 1.17 bits per heavy atom. The number of halogens is 1. The summed E-state index contributed by atoms with van der Waals surface area (Å²) in [5, 5.41) is 1.14. The Morgan fingerprint density at radius 3 is 2.67 bits per heavy atom. The number of thiophene rings is 1. The van der Waals surface area contributed by atoms with Crippen molar-refractivity contribution in [1.29, 1.82) is 0 Å². The minimum atomic E-state index is -0.460. The topological polar surface area (TPSA) is 79.7 Å². The first-order valence-corrected chi connectivity index (χ1v) is 10.7. The maximum atomic E-state index is 12.9. The second-order valence-corrected chi connectivity index (χ2v) is 8.05. The largest absolute Gasteiger partial charge is 0.494 e. The first kappa shape index (κ1) is 22.3. The van der Waals surface area contributed by atoms with Crippen LogP contribution in [0.25, 0.3) is 10.2 Å². The van der Waals surface area contributed by atoms with Gasteiger partial charge in [0, 0.05) is 18.7 Å². The molecule has 0 bridgehead atoms. The summed E-state index contributed by atoms with van der Waals surface area (Å²) >= 11 is 7.03. The van der Waals surface area contributed by atoms with Crippen molar-refractivity contribution >= 4 is 39.1 Å². The molecule has 0 aliphatic carbocycles. The molecule has 0 aliphatic rings. The number of nitrogens with zero attached hydrogens (tertiary/aromatic N) is 2. The molecular formula is C21H23ClN2O5S. The Bertz CT molecular complexity index is 1060. The SMILES string of the molecule is COCCOC(=O)c1sc2ncn(CCCCOc3ccc(Cl)cc3)c(=O)c2c1C. The summed E-state index contributed by atoms with van der Waals surface area (Å²) in [6, 6.07) is 7.20. The molecule has 2 heterocycles. The molecule has 160 valence electrons. The zero-order valence-electron chi connectivity index (χ0n) is 16.9. The highest BCUT2D eigenvalue weighted by Gasteiger charge is 2.20. The molecule has 3 rings (SSSR count). The van der Waals surface area contributed by atoms with E-state index in [9.17, 15) is 9.59 Å². The molecule has 7 nitrogen and oxygen atoms in total. The van der Waals surface area contributed by atoms with E-state index < -0.39 is 5.97 Å². The molecule has 0 saturated carbocycles. The van der Waals surface area contributed by atoms with Crippen LogP contribution in [0.5, 0.6) is 5.75 Å². The highest BCUT2D eigenvalue weighted by molar-refractivity contribution is 7.20. The van der Waals surface area contributed by atoms with Crippen molar-refractivity contribution in [2.45, 2.75) is 26.3 Å². The Balaban J connectivity index is 1.60. The maximum absolute atomic E-state index is 12.9. The molecule has 0 fully saturated rings. The third-order valence-corrected chi connectivity index (χ3v) is 5.93. The van der Waals surface area contributed by atoms with Gasteiger partial charge in [-0.1, -0.05) is 11.6 Å². The second kappa shape index (κ2) is 10.6. The van der Waals surface area contributed by atoms with Crippen molar-refractivity contribution in [3.63, 3.8) is 0 Å². The molecule has 1 aromatic carbocycles. The van der Waals surface area contributed by atoms with E-state index in [1.807, 2.05) is 12.1 Å². The number of benzene rings is 1. The van der Waals surface area contributed by atoms with Crippen LogP contribution in [0.1, 0.15) is 28.1 Å². The standard InChI is InChI=1S/C21H23ClN2O5S/c1-14-17-19(30-18(14)21(26)29-12-11-27-2)23-13-24(20(17)25)9-3-4-10-28-16-7-5-15(22)6-8-16/h5-8,13H,3-4,9-12H2,1-2H3. The number of carbonyl (C=O) groups is 1. The van der Waals surface area contributed by atoms with Crippen LogP contribution in [0.2, 0.25) is 5.02 Å². The van der Waals surface area contributed by atoms with Gasteiger partial charge in [-0.15, -0.1) is 11.3 Å². The van der Waals surface area contributed by atoms with Crippen LogP contribution in [0.3, 0.4) is 0 Å². The average Bonchev–Trinajstić information content (AvgIpc) is 3.08. The Labute approximate surface area is 183 Å². The van der Waals surface area contributed by atoms with E-state index in [0.29, 0.717) is 45.4 Å². The zero-order chi connectivity index (χ0) is 21.5. The van der Waals surface area contributed by atoms with Crippen molar-refractivity contribution in [3.05, 3.63) is 56.4 Å². The summed E-state index contributed by atoms with van der Waals surface area (Å²) < 4.78 is 17.3. The molecule has 30 heavy (non-hydrogen) atoms. The van der Waals surface area contributed by atoms with E-state index in [1.165, 1.54) is 24.8 Å². The lowest BCUT2D eigenvalue weighted by atomic mass is 10.2. The fraction of sp³-hybridized carbons (Fsp3) is 0.381. The van der Waals surface area contributed by atoms with Crippen LogP contribution in [0, 0.1) is 6.92 Å². The smallest absolute Gasteiger partial charge is 0.348 e. The highest BCUT2D eigenvalue weighted by Crippen LogP contribution is 2.27. The van der Waals surface area contributed by atoms with E-state index in [2.05, 4.69) is 4.98 Å². The predicted octanol–water partition coefficient (Wildman–Crippen LogP) is 4.08. The lowest BCUT2D eigenvalue weighted by Crippen LogP contribution is -2.21. The van der Waals surface area contributed by atoms with Gasteiger partial charge >= 0.3 is 5.97 Å². The number of aryl methyl sites for hydroxylation is 2. The zero-order valence-corrected chi connectivity index (χ0v) is 18.4. The van der Waals surface area contributed by atoms with Crippen LogP contribution in [-0.4, -0.2) is 42.5 Å². The van der Waals surface area contributed by atoms with E-state index in [-0.39, 0.29) is 12.2 Å². The van der Waals surface area contributed by atoms with Crippen molar-refractivity contribution in [3.8, 4) is 5.75 Å². The summed E-state index contributed by atoms with van der Waals surface area (Å²) in [4.78, 5) is 30.4. The second-order valence-electron chi connectivity index (χ2n) is 6.62. The van der Waals surface area contributed by atoms with Gasteiger partial charge in [0.15, 0.2) is 0 Å². The summed E-state index contributed by atoms with van der Waals surface area (Å²) in [6.45, 7) is 3.30. The molecule has 2 aromatic heterocycles. The van der Waals surface area contributed by atoms with Gasteiger partial charge in [-0.3, -0.25) is 9.36 Å². The number of aromatic nitrogens is 2. The fourth-order valence-corrected chi connectivity index (χ4v) is 4.06. The van der Waals surface area contributed by atoms with Gasteiger partial charge in [0.2, 0.25) is 0 Å². The van der Waals surface area contributed by atoms with Crippen molar-refractivity contribution < 1.29 is 19.0 Å². The van der Waals surface area contributed by atoms with Crippen molar-refractivity contribution in [2.24, 2.45) is 0 Å². The van der Waals surface area contributed by atoms with Crippen molar-refractivity contribution in [2.75, 3.05) is 26.9 Å². The van der Waals surface area contributed by atoms with Crippen LogP contribution >= 0.6 is 22.9 Å². The van der Waals surface area contributed by atoms with Crippen LogP contribution in [0.4, 0.5) is 0 Å². The van der Waals surface area contributed by atoms with Gasteiger partial charge in [-0.25, -0.2) is 9.78 Å². The third-order valence-electron chi connectivity index (χ3n) is 4.50. The molecule has 0 aliphatic heterocycles. The summed E-state index contributed by atoms with van der Waals surface area (Å²) in [5.41, 5.74) is 0.457. The Morgan fingerprint density at radius 2 is 1.93 bits per heavy atom. The quantitative estimate of drug-likeness (QED) is 0.342. The lowest BCUT2D eigenvalue weighted by Gasteiger charge is -2.07. The van der Waals surface area contributed by atoms with Gasteiger partial charge in [0.25, 0.3) is 5.56 Å². The van der Waals surface area contributed by atoms with Gasteiger partial charge in [0.05, 0.1) is 24.9 Å². The maximum Gasteiger partial charge on any atom is 0.348 e. The molecule has 0 amide bonds. The molecule has 0 unspecified atom stereocenters. The Kier molecular flexibility index (Phi) is 7.84. The van der Waals surface area contributed by atoms with E-state index >= 15 is 0 Å². The number of esters is 1. The lowest BCUT2D eigenvalue weighted by molar-refractivity contribution is 0.0393. The number of rotatable bonds is 10. The number of unbranched alkanes of at least 4 members (excludes halogenated alkanes) is 1. The van der Waals surface area contributed by atoms with Gasteiger partial charge in [0.1, 0.15) is 22.1 Å². The number of hydrogen-bond donors (Lipinski definition) is 0. The number of carbonyl (C=O) groups excluding carboxylic acids is 1. The summed E-state index contributed by atoms with van der Waals surface area (Å²) in [5.74, 6) is 0.302. The molecular weight excluding hydrogens is 428 g/mol. The first-order valence-electron chi connectivity index (χ1n) is 9.54. The number of methoxy groups -OCH3 is 1. The number of ether oxygens (including phenoxy) is 3. The van der Waals surface area contributed by atoms with Gasteiger partial charge < -0.3 is 14.2 Å². The van der Waals surface area contributed by atoms with Crippen molar-refractivity contribution in [1.82, 2.24) is 9.55 Å². The third kappa shape index (κ3) is 5.38.